The van der Waals surface area contributed by atoms with Gasteiger partial charge < -0.3 is 5.32 Å². The van der Waals surface area contributed by atoms with Crippen molar-refractivity contribution in [2.75, 3.05) is 11.9 Å². The van der Waals surface area contributed by atoms with E-state index in [1.54, 1.807) is 17.7 Å². The second-order valence-electron chi connectivity index (χ2n) is 5.78. The molecule has 3 aromatic rings. The molecule has 0 spiro atoms. The third kappa shape index (κ3) is 2.36. The standard InChI is InChI=1S/C17H16ClN3S/c1-10-8-22-17-15(10)16(20-9-21-17)19-7-12-3-2-11-6-13(18)4-5-14(11)12/h4-6,8-9,12H,2-3,7H2,1H3,(H,19,20,21). The molecule has 112 valence electrons. The van der Waals surface area contributed by atoms with E-state index in [9.17, 15) is 0 Å². The summed E-state index contributed by atoms with van der Waals surface area (Å²) in [6, 6.07) is 6.26. The van der Waals surface area contributed by atoms with Gasteiger partial charge in [-0.05, 0) is 54.0 Å². The number of fused-ring (bicyclic) bond motifs is 2. The first kappa shape index (κ1) is 14.0. The Bertz CT molecular complexity index is 843. The number of thiophene rings is 1. The number of nitrogens with zero attached hydrogens (tertiary/aromatic N) is 2. The lowest BCUT2D eigenvalue weighted by Gasteiger charge is -2.14. The fourth-order valence-electron chi connectivity index (χ4n) is 3.26. The van der Waals surface area contributed by atoms with Gasteiger partial charge in [0.2, 0.25) is 0 Å². The van der Waals surface area contributed by atoms with E-state index in [4.69, 9.17) is 11.6 Å². The van der Waals surface area contributed by atoms with Gasteiger partial charge in [0.15, 0.2) is 0 Å². The van der Waals surface area contributed by atoms with Crippen molar-refractivity contribution in [2.24, 2.45) is 0 Å². The Balaban J connectivity index is 1.58. The molecule has 0 fully saturated rings. The summed E-state index contributed by atoms with van der Waals surface area (Å²) in [4.78, 5) is 9.82. The normalized spacial score (nSPS) is 16.9. The van der Waals surface area contributed by atoms with Gasteiger partial charge >= 0.3 is 0 Å². The lowest BCUT2D eigenvalue weighted by atomic mass is 10.0. The van der Waals surface area contributed by atoms with Crippen LogP contribution in [0.1, 0.15) is 29.0 Å². The Morgan fingerprint density at radius 3 is 3.18 bits per heavy atom. The molecule has 1 aliphatic carbocycles. The minimum absolute atomic E-state index is 0.524. The Hall–Kier alpha value is -1.65. The minimum Gasteiger partial charge on any atom is -0.369 e. The summed E-state index contributed by atoms with van der Waals surface area (Å²) in [6.07, 6.45) is 3.92. The zero-order valence-corrected chi connectivity index (χ0v) is 13.8. The van der Waals surface area contributed by atoms with Crippen molar-refractivity contribution in [2.45, 2.75) is 25.7 Å². The molecule has 1 aliphatic rings. The van der Waals surface area contributed by atoms with Gasteiger partial charge in [0, 0.05) is 17.5 Å². The molecule has 0 saturated carbocycles. The van der Waals surface area contributed by atoms with Crippen molar-refractivity contribution < 1.29 is 0 Å². The second-order valence-corrected chi connectivity index (χ2v) is 7.08. The maximum absolute atomic E-state index is 6.08. The van der Waals surface area contributed by atoms with Gasteiger partial charge in [-0.2, -0.15) is 0 Å². The lowest BCUT2D eigenvalue weighted by molar-refractivity contribution is 0.708. The number of halogens is 1. The molecular weight excluding hydrogens is 314 g/mol. The second kappa shape index (κ2) is 5.52. The predicted octanol–water partition coefficient (Wildman–Crippen LogP) is 4.80. The number of hydrogen-bond donors (Lipinski definition) is 1. The van der Waals surface area contributed by atoms with Crippen LogP contribution in [0, 0.1) is 6.92 Å². The molecule has 0 amide bonds. The molecule has 22 heavy (non-hydrogen) atoms. The SMILES string of the molecule is Cc1csc2ncnc(NCC3CCc4cc(Cl)ccc43)c12. The lowest BCUT2D eigenvalue weighted by Crippen LogP contribution is -2.11. The number of benzene rings is 1. The number of anilines is 1. The molecule has 2 heterocycles. The number of nitrogens with one attached hydrogen (secondary N) is 1. The van der Waals surface area contributed by atoms with E-state index in [1.165, 1.54) is 23.1 Å². The van der Waals surface area contributed by atoms with Crippen LogP contribution in [-0.4, -0.2) is 16.5 Å². The Morgan fingerprint density at radius 2 is 2.27 bits per heavy atom. The van der Waals surface area contributed by atoms with Crippen LogP contribution in [0.25, 0.3) is 10.2 Å². The monoisotopic (exact) mass is 329 g/mol. The van der Waals surface area contributed by atoms with Crippen molar-refractivity contribution >= 4 is 39.0 Å². The van der Waals surface area contributed by atoms with E-state index >= 15 is 0 Å². The summed E-state index contributed by atoms with van der Waals surface area (Å²) in [5, 5.41) is 7.66. The molecule has 0 aliphatic heterocycles. The van der Waals surface area contributed by atoms with E-state index in [-0.39, 0.29) is 0 Å². The molecule has 5 heteroatoms. The van der Waals surface area contributed by atoms with Crippen molar-refractivity contribution in [3.8, 4) is 0 Å². The first-order valence-electron chi connectivity index (χ1n) is 7.43. The highest BCUT2D eigenvalue weighted by atomic mass is 35.5. The van der Waals surface area contributed by atoms with E-state index in [0.29, 0.717) is 5.92 Å². The van der Waals surface area contributed by atoms with E-state index < -0.39 is 0 Å². The van der Waals surface area contributed by atoms with Crippen LogP contribution >= 0.6 is 22.9 Å². The van der Waals surface area contributed by atoms with Crippen molar-refractivity contribution in [3.63, 3.8) is 0 Å². The number of hydrogen-bond acceptors (Lipinski definition) is 4. The predicted molar refractivity (Wildman–Crippen MR) is 93.2 cm³/mol. The van der Waals surface area contributed by atoms with Gasteiger partial charge in [0.05, 0.1) is 5.39 Å². The summed E-state index contributed by atoms with van der Waals surface area (Å²) < 4.78 is 0. The first-order valence-corrected chi connectivity index (χ1v) is 8.69. The molecule has 0 radical (unpaired) electrons. The number of aryl methyl sites for hydroxylation is 2. The molecule has 1 unspecified atom stereocenters. The zero-order valence-electron chi connectivity index (χ0n) is 12.3. The molecule has 1 aromatic carbocycles. The van der Waals surface area contributed by atoms with Gasteiger partial charge in [0.1, 0.15) is 17.0 Å². The highest BCUT2D eigenvalue weighted by molar-refractivity contribution is 7.17. The highest BCUT2D eigenvalue weighted by Gasteiger charge is 2.22. The molecular formula is C17H16ClN3S. The minimum atomic E-state index is 0.524. The Morgan fingerprint density at radius 1 is 1.36 bits per heavy atom. The van der Waals surface area contributed by atoms with Crippen LogP contribution in [0.5, 0.6) is 0 Å². The number of rotatable bonds is 3. The summed E-state index contributed by atoms with van der Waals surface area (Å²) in [5.41, 5.74) is 4.05. The summed E-state index contributed by atoms with van der Waals surface area (Å²) in [5.74, 6) is 1.47. The maximum Gasteiger partial charge on any atom is 0.138 e. The first-order chi connectivity index (χ1) is 10.7. The summed E-state index contributed by atoms with van der Waals surface area (Å²) in [7, 11) is 0. The van der Waals surface area contributed by atoms with Crippen LogP contribution in [0.15, 0.2) is 29.9 Å². The average molecular weight is 330 g/mol. The molecule has 1 atom stereocenters. The van der Waals surface area contributed by atoms with Crippen LogP contribution in [-0.2, 0) is 6.42 Å². The summed E-state index contributed by atoms with van der Waals surface area (Å²) in [6.45, 7) is 3.01. The fraction of sp³-hybridized carbons (Fsp3) is 0.294. The van der Waals surface area contributed by atoms with Gasteiger partial charge in [0.25, 0.3) is 0 Å². The molecule has 0 bridgehead atoms. The van der Waals surface area contributed by atoms with E-state index in [0.717, 1.165) is 34.0 Å². The van der Waals surface area contributed by atoms with Gasteiger partial charge in [-0.15, -0.1) is 11.3 Å². The van der Waals surface area contributed by atoms with Gasteiger partial charge in [-0.25, -0.2) is 9.97 Å². The Kier molecular flexibility index (Phi) is 3.51. The van der Waals surface area contributed by atoms with Crippen molar-refractivity contribution in [1.29, 1.82) is 0 Å². The van der Waals surface area contributed by atoms with Crippen LogP contribution < -0.4 is 5.32 Å². The molecule has 3 nitrogen and oxygen atoms in total. The molecule has 4 rings (SSSR count). The van der Waals surface area contributed by atoms with E-state index in [2.05, 4.69) is 39.7 Å². The smallest absolute Gasteiger partial charge is 0.138 e. The van der Waals surface area contributed by atoms with Crippen LogP contribution in [0.2, 0.25) is 5.02 Å². The fourth-order valence-corrected chi connectivity index (χ4v) is 4.34. The highest BCUT2D eigenvalue weighted by Crippen LogP contribution is 2.35. The maximum atomic E-state index is 6.08. The molecule has 1 N–H and O–H groups in total. The Labute approximate surface area is 138 Å². The third-order valence-electron chi connectivity index (χ3n) is 4.38. The van der Waals surface area contributed by atoms with Crippen LogP contribution in [0.3, 0.4) is 0 Å². The van der Waals surface area contributed by atoms with E-state index in [1.807, 2.05) is 6.07 Å². The molecule has 2 aromatic heterocycles. The topological polar surface area (TPSA) is 37.8 Å². The van der Waals surface area contributed by atoms with Crippen molar-refractivity contribution in [1.82, 2.24) is 9.97 Å². The number of aromatic nitrogens is 2. The third-order valence-corrected chi connectivity index (χ3v) is 5.62. The van der Waals surface area contributed by atoms with Crippen molar-refractivity contribution in [3.05, 3.63) is 51.6 Å². The quantitative estimate of drug-likeness (QED) is 0.750. The molecule has 0 saturated heterocycles. The average Bonchev–Trinajstić information content (AvgIpc) is 3.09. The van der Waals surface area contributed by atoms with Gasteiger partial charge in [-0.1, -0.05) is 17.7 Å². The van der Waals surface area contributed by atoms with Gasteiger partial charge in [-0.3, -0.25) is 0 Å². The zero-order chi connectivity index (χ0) is 15.1. The van der Waals surface area contributed by atoms with Crippen LogP contribution in [0.4, 0.5) is 5.82 Å². The largest absolute Gasteiger partial charge is 0.369 e. The summed E-state index contributed by atoms with van der Waals surface area (Å²) >= 11 is 7.75.